The van der Waals surface area contributed by atoms with Crippen molar-refractivity contribution in [2.45, 2.75) is 38.6 Å². The fourth-order valence-electron chi connectivity index (χ4n) is 3.23. The summed E-state index contributed by atoms with van der Waals surface area (Å²) in [6, 6.07) is 9.05. The maximum absolute atomic E-state index is 5.48. The van der Waals surface area contributed by atoms with Crippen molar-refractivity contribution in [1.82, 2.24) is 10.6 Å². The van der Waals surface area contributed by atoms with E-state index in [1.165, 1.54) is 37.2 Å². The van der Waals surface area contributed by atoms with Gasteiger partial charge in [-0.3, -0.25) is 4.99 Å². The maximum atomic E-state index is 5.48. The van der Waals surface area contributed by atoms with Crippen molar-refractivity contribution in [1.29, 1.82) is 0 Å². The minimum atomic E-state index is 0. The Bertz CT molecular complexity index is 565. The van der Waals surface area contributed by atoms with Gasteiger partial charge in [0.2, 0.25) is 0 Å². The van der Waals surface area contributed by atoms with Gasteiger partial charge in [0.05, 0.1) is 19.3 Å². The van der Waals surface area contributed by atoms with E-state index in [-0.39, 0.29) is 30.0 Å². The summed E-state index contributed by atoms with van der Waals surface area (Å²) in [7, 11) is 3.51. The first-order valence-corrected chi connectivity index (χ1v) is 10.1. The van der Waals surface area contributed by atoms with Crippen LogP contribution in [0.25, 0.3) is 0 Å². The molecule has 1 unspecified atom stereocenters. The average molecular weight is 504 g/mol. The predicted octanol–water partition coefficient (Wildman–Crippen LogP) is 3.57. The fraction of sp³-hybridized carbons (Fsp3) is 0.667. The molecule has 0 aliphatic carbocycles. The number of anilines is 1. The summed E-state index contributed by atoms with van der Waals surface area (Å²) in [4.78, 5) is 6.82. The normalized spacial score (nSPS) is 15.2. The van der Waals surface area contributed by atoms with E-state index >= 15 is 0 Å². The summed E-state index contributed by atoms with van der Waals surface area (Å²) in [6.07, 6.45) is 4.67. The van der Waals surface area contributed by atoms with Gasteiger partial charge in [-0.05, 0) is 50.3 Å². The Hall–Kier alpha value is -1.06. The van der Waals surface area contributed by atoms with Gasteiger partial charge in [0, 0.05) is 46.1 Å². The van der Waals surface area contributed by atoms with Gasteiger partial charge >= 0.3 is 0 Å². The molecule has 0 spiro atoms. The predicted molar refractivity (Wildman–Crippen MR) is 128 cm³/mol. The van der Waals surface area contributed by atoms with Gasteiger partial charge in [0.15, 0.2) is 5.96 Å². The third-order valence-corrected chi connectivity index (χ3v) is 4.86. The number of halogens is 1. The SMILES string of the molecule is CN=C(NCCCCOCCOC)NC(C)c1cccc(N2CCCC2)c1.I. The third kappa shape index (κ3) is 8.96. The first kappa shape index (κ1) is 25.0. The van der Waals surface area contributed by atoms with Crippen LogP contribution < -0.4 is 15.5 Å². The Morgan fingerprint density at radius 3 is 2.68 bits per heavy atom. The number of methoxy groups -OCH3 is 1. The van der Waals surface area contributed by atoms with Crippen molar-refractivity contribution in [3.63, 3.8) is 0 Å². The van der Waals surface area contributed by atoms with Gasteiger partial charge < -0.3 is 25.0 Å². The number of ether oxygens (including phenoxy) is 2. The molecule has 160 valence electrons. The molecule has 2 rings (SSSR count). The molecule has 7 heteroatoms. The van der Waals surface area contributed by atoms with E-state index in [0.717, 1.165) is 32.0 Å². The summed E-state index contributed by atoms with van der Waals surface area (Å²) in [5.41, 5.74) is 2.61. The van der Waals surface area contributed by atoms with E-state index in [2.05, 4.69) is 51.7 Å². The van der Waals surface area contributed by atoms with Crippen LogP contribution in [0.1, 0.15) is 44.2 Å². The molecule has 1 heterocycles. The van der Waals surface area contributed by atoms with Crippen LogP contribution in [0.15, 0.2) is 29.3 Å². The molecular weight excluding hydrogens is 467 g/mol. The lowest BCUT2D eigenvalue weighted by Gasteiger charge is -2.22. The minimum Gasteiger partial charge on any atom is -0.382 e. The standard InChI is InChI=1S/C21H36N4O2.HI/c1-18(19-9-8-10-20(17-19)25-12-5-6-13-25)24-21(22-2)23-11-4-7-14-27-16-15-26-3;/h8-10,17-18H,4-7,11-16H2,1-3H3,(H2,22,23,24);1H. The van der Waals surface area contributed by atoms with Gasteiger partial charge in [0.25, 0.3) is 0 Å². The molecule has 28 heavy (non-hydrogen) atoms. The van der Waals surface area contributed by atoms with E-state index in [9.17, 15) is 0 Å². The quantitative estimate of drug-likeness (QED) is 0.209. The van der Waals surface area contributed by atoms with Gasteiger partial charge in [0.1, 0.15) is 0 Å². The number of guanidine groups is 1. The van der Waals surface area contributed by atoms with E-state index in [1.807, 2.05) is 7.05 Å². The number of unbranched alkanes of at least 4 members (excludes halogenated alkanes) is 1. The Morgan fingerprint density at radius 2 is 1.96 bits per heavy atom. The zero-order chi connectivity index (χ0) is 19.3. The van der Waals surface area contributed by atoms with E-state index in [4.69, 9.17) is 9.47 Å². The van der Waals surface area contributed by atoms with Gasteiger partial charge in [-0.1, -0.05) is 12.1 Å². The second kappa shape index (κ2) is 14.9. The topological polar surface area (TPSA) is 58.1 Å². The first-order valence-electron chi connectivity index (χ1n) is 10.1. The van der Waals surface area contributed by atoms with Crippen LogP contribution in [0, 0.1) is 0 Å². The molecule has 0 aromatic heterocycles. The zero-order valence-corrected chi connectivity index (χ0v) is 19.9. The molecule has 0 radical (unpaired) electrons. The number of rotatable bonds is 11. The van der Waals surface area contributed by atoms with Crippen molar-refractivity contribution in [3.05, 3.63) is 29.8 Å². The Morgan fingerprint density at radius 1 is 1.18 bits per heavy atom. The van der Waals surface area contributed by atoms with Crippen molar-refractivity contribution in [3.8, 4) is 0 Å². The van der Waals surface area contributed by atoms with E-state index in [1.54, 1.807) is 7.11 Å². The number of benzene rings is 1. The molecule has 1 saturated heterocycles. The van der Waals surface area contributed by atoms with Crippen molar-refractivity contribution in [2.75, 3.05) is 58.5 Å². The molecule has 1 aliphatic rings. The molecule has 1 atom stereocenters. The highest BCUT2D eigenvalue weighted by molar-refractivity contribution is 14.0. The number of nitrogens with zero attached hydrogens (tertiary/aromatic N) is 2. The van der Waals surface area contributed by atoms with Crippen LogP contribution in [0.3, 0.4) is 0 Å². The molecule has 1 aromatic rings. The summed E-state index contributed by atoms with van der Waals surface area (Å²) < 4.78 is 10.4. The van der Waals surface area contributed by atoms with E-state index < -0.39 is 0 Å². The van der Waals surface area contributed by atoms with Crippen LogP contribution in [0.4, 0.5) is 5.69 Å². The molecule has 0 saturated carbocycles. The molecule has 1 aromatic carbocycles. The second-order valence-electron chi connectivity index (χ2n) is 6.97. The van der Waals surface area contributed by atoms with Crippen LogP contribution in [-0.2, 0) is 9.47 Å². The number of nitrogens with one attached hydrogen (secondary N) is 2. The lowest BCUT2D eigenvalue weighted by Crippen LogP contribution is -2.39. The van der Waals surface area contributed by atoms with Gasteiger partial charge in [-0.25, -0.2) is 0 Å². The minimum absolute atomic E-state index is 0. The maximum Gasteiger partial charge on any atom is 0.191 e. The molecule has 6 nitrogen and oxygen atoms in total. The smallest absolute Gasteiger partial charge is 0.191 e. The summed E-state index contributed by atoms with van der Waals surface area (Å²) in [6.45, 7) is 7.50. The molecule has 2 N–H and O–H groups in total. The van der Waals surface area contributed by atoms with Crippen molar-refractivity contribution in [2.24, 2.45) is 4.99 Å². The Labute approximate surface area is 187 Å². The molecular formula is C21H37IN4O2. The highest BCUT2D eigenvalue weighted by Crippen LogP contribution is 2.23. The number of aliphatic imine (C=N–C) groups is 1. The highest BCUT2D eigenvalue weighted by Gasteiger charge is 2.14. The highest BCUT2D eigenvalue weighted by atomic mass is 127. The Kier molecular flexibility index (Phi) is 13.3. The van der Waals surface area contributed by atoms with Gasteiger partial charge in [-0.15, -0.1) is 24.0 Å². The summed E-state index contributed by atoms with van der Waals surface area (Å²) in [5, 5.41) is 6.88. The monoisotopic (exact) mass is 504 g/mol. The number of hydrogen-bond acceptors (Lipinski definition) is 4. The average Bonchev–Trinajstić information content (AvgIpc) is 3.24. The Balaban J connectivity index is 0.00000392. The van der Waals surface area contributed by atoms with Crippen molar-refractivity contribution < 1.29 is 9.47 Å². The number of hydrogen-bond donors (Lipinski definition) is 2. The van der Waals surface area contributed by atoms with Crippen LogP contribution in [0.5, 0.6) is 0 Å². The lowest BCUT2D eigenvalue weighted by atomic mass is 10.1. The summed E-state index contributed by atoms with van der Waals surface area (Å²) in [5.74, 6) is 0.842. The second-order valence-corrected chi connectivity index (χ2v) is 6.97. The zero-order valence-electron chi connectivity index (χ0n) is 17.6. The van der Waals surface area contributed by atoms with Crippen LogP contribution >= 0.6 is 24.0 Å². The largest absolute Gasteiger partial charge is 0.382 e. The molecule has 1 aliphatic heterocycles. The summed E-state index contributed by atoms with van der Waals surface area (Å²) >= 11 is 0. The molecule has 0 amide bonds. The van der Waals surface area contributed by atoms with Crippen molar-refractivity contribution >= 4 is 35.6 Å². The molecule has 1 fully saturated rings. The lowest BCUT2D eigenvalue weighted by molar-refractivity contribution is 0.0689. The van der Waals surface area contributed by atoms with E-state index in [0.29, 0.717) is 13.2 Å². The van der Waals surface area contributed by atoms with Gasteiger partial charge in [-0.2, -0.15) is 0 Å². The molecule has 0 bridgehead atoms. The van der Waals surface area contributed by atoms with Crippen LogP contribution in [-0.4, -0.2) is 59.6 Å². The fourth-order valence-corrected chi connectivity index (χ4v) is 3.23. The van der Waals surface area contributed by atoms with Crippen LogP contribution in [0.2, 0.25) is 0 Å². The first-order chi connectivity index (χ1) is 13.2. The third-order valence-electron chi connectivity index (χ3n) is 4.86.